The van der Waals surface area contributed by atoms with Crippen LogP contribution in [0.3, 0.4) is 0 Å². The predicted octanol–water partition coefficient (Wildman–Crippen LogP) is 3.02. The Morgan fingerprint density at radius 1 is 1.06 bits per heavy atom. The Morgan fingerprint density at radius 2 is 1.50 bits per heavy atom. The summed E-state index contributed by atoms with van der Waals surface area (Å²) in [7, 11) is 0. The van der Waals surface area contributed by atoms with Crippen molar-refractivity contribution in [2.24, 2.45) is 0 Å². The molecule has 0 aliphatic rings. The lowest BCUT2D eigenvalue weighted by atomic mass is 10.1. The second kappa shape index (κ2) is 6.85. The fraction of sp³-hybridized carbons (Fsp3) is 0.364. The van der Waals surface area contributed by atoms with Crippen LogP contribution >= 0.6 is 23.2 Å². The molecule has 0 heterocycles. The number of amides is 1. The monoisotopic (exact) mass is 299 g/mol. The van der Waals surface area contributed by atoms with Crippen molar-refractivity contribution in [2.75, 3.05) is 24.8 Å². The summed E-state index contributed by atoms with van der Waals surface area (Å²) < 4.78 is 38.7. The fourth-order valence-electron chi connectivity index (χ4n) is 1.38. The van der Waals surface area contributed by atoms with E-state index in [0.717, 1.165) is 0 Å². The smallest absolute Gasteiger partial charge is 0.254 e. The van der Waals surface area contributed by atoms with Crippen LogP contribution in [0.1, 0.15) is 10.4 Å². The average Bonchev–Trinajstić information content (AvgIpc) is 2.34. The summed E-state index contributed by atoms with van der Waals surface area (Å²) >= 11 is 11.0. The van der Waals surface area contributed by atoms with Gasteiger partial charge in [-0.25, -0.2) is 13.2 Å². The van der Waals surface area contributed by atoms with Crippen LogP contribution in [-0.4, -0.2) is 35.7 Å². The largest absolute Gasteiger partial charge is 0.336 e. The quantitative estimate of drug-likeness (QED) is 0.604. The van der Waals surface area contributed by atoms with Gasteiger partial charge in [-0.05, 0) is 12.1 Å². The number of halogens is 5. The van der Waals surface area contributed by atoms with E-state index in [9.17, 15) is 18.0 Å². The topological polar surface area (TPSA) is 20.3 Å². The van der Waals surface area contributed by atoms with Gasteiger partial charge < -0.3 is 4.90 Å². The highest BCUT2D eigenvalue weighted by Crippen LogP contribution is 2.15. The number of carbonyl (C=O) groups excluding carboxylic acids is 1. The third-order valence-electron chi connectivity index (χ3n) is 2.23. The molecule has 0 fully saturated rings. The van der Waals surface area contributed by atoms with Crippen LogP contribution in [0.15, 0.2) is 12.1 Å². The van der Waals surface area contributed by atoms with E-state index in [2.05, 4.69) is 0 Å². The first-order chi connectivity index (χ1) is 8.51. The van der Waals surface area contributed by atoms with E-state index >= 15 is 0 Å². The number of alkyl halides is 2. The van der Waals surface area contributed by atoms with Crippen LogP contribution in [0, 0.1) is 17.5 Å². The summed E-state index contributed by atoms with van der Waals surface area (Å²) in [5.74, 6) is -4.74. The van der Waals surface area contributed by atoms with Gasteiger partial charge in [-0.2, -0.15) is 0 Å². The lowest BCUT2D eigenvalue weighted by Crippen LogP contribution is -2.34. The van der Waals surface area contributed by atoms with Crippen LogP contribution in [0.25, 0.3) is 0 Å². The SMILES string of the molecule is O=C(c1cc(F)c(F)c(F)c1)N(CCCl)CCCl. The zero-order valence-electron chi connectivity index (χ0n) is 9.23. The molecule has 0 N–H and O–H groups in total. The Balaban J connectivity index is 3.01. The van der Waals surface area contributed by atoms with Gasteiger partial charge >= 0.3 is 0 Å². The summed E-state index contributed by atoms with van der Waals surface area (Å²) in [6.07, 6.45) is 0. The minimum absolute atomic E-state index is 0.161. The van der Waals surface area contributed by atoms with Crippen LogP contribution in [0.4, 0.5) is 13.2 Å². The van der Waals surface area contributed by atoms with Gasteiger partial charge in [-0.15, -0.1) is 23.2 Å². The minimum Gasteiger partial charge on any atom is -0.336 e. The second-order valence-corrected chi connectivity index (χ2v) is 4.18. The first-order valence-electron chi connectivity index (χ1n) is 5.07. The molecular weight excluding hydrogens is 290 g/mol. The molecule has 1 rings (SSSR count). The number of carbonyl (C=O) groups is 1. The van der Waals surface area contributed by atoms with Gasteiger partial charge in [0.1, 0.15) is 0 Å². The molecule has 0 saturated heterocycles. The van der Waals surface area contributed by atoms with Crippen molar-refractivity contribution < 1.29 is 18.0 Å². The molecule has 0 atom stereocenters. The summed E-state index contributed by atoms with van der Waals surface area (Å²) in [6.45, 7) is 0.376. The highest BCUT2D eigenvalue weighted by molar-refractivity contribution is 6.18. The van der Waals surface area contributed by atoms with Gasteiger partial charge in [0.2, 0.25) is 0 Å². The number of rotatable bonds is 5. The normalized spacial score (nSPS) is 10.5. The molecule has 2 nitrogen and oxygen atoms in total. The van der Waals surface area contributed by atoms with E-state index in [4.69, 9.17) is 23.2 Å². The number of benzene rings is 1. The second-order valence-electron chi connectivity index (χ2n) is 3.42. The van der Waals surface area contributed by atoms with Crippen LogP contribution < -0.4 is 0 Å². The zero-order valence-corrected chi connectivity index (χ0v) is 10.7. The third-order valence-corrected chi connectivity index (χ3v) is 2.56. The van der Waals surface area contributed by atoms with E-state index in [1.807, 2.05) is 0 Å². The maximum Gasteiger partial charge on any atom is 0.254 e. The van der Waals surface area contributed by atoms with E-state index in [-0.39, 0.29) is 30.4 Å². The van der Waals surface area contributed by atoms with Gasteiger partial charge in [0.05, 0.1) is 0 Å². The van der Waals surface area contributed by atoms with Gasteiger partial charge in [-0.3, -0.25) is 4.79 Å². The standard InChI is InChI=1S/C11H10Cl2F3NO/c12-1-3-17(4-2-13)11(18)7-5-8(14)10(16)9(15)6-7/h5-6H,1-4H2. The Morgan fingerprint density at radius 3 is 1.89 bits per heavy atom. The molecule has 0 saturated carbocycles. The molecule has 0 aromatic heterocycles. The summed E-state index contributed by atoms with van der Waals surface area (Å²) in [4.78, 5) is 13.1. The van der Waals surface area contributed by atoms with Crippen molar-refractivity contribution in [2.45, 2.75) is 0 Å². The molecule has 1 aromatic rings. The van der Waals surface area contributed by atoms with Crippen LogP contribution in [0.2, 0.25) is 0 Å². The third kappa shape index (κ3) is 3.53. The molecule has 1 amide bonds. The van der Waals surface area contributed by atoms with Crippen molar-refractivity contribution in [3.8, 4) is 0 Å². The van der Waals surface area contributed by atoms with Gasteiger partial charge in [-0.1, -0.05) is 0 Å². The number of hydrogen-bond donors (Lipinski definition) is 0. The summed E-state index contributed by atoms with van der Waals surface area (Å²) in [5, 5.41) is 0. The molecule has 1 aromatic carbocycles. The highest BCUT2D eigenvalue weighted by atomic mass is 35.5. The zero-order chi connectivity index (χ0) is 13.7. The molecule has 0 aliphatic heterocycles. The lowest BCUT2D eigenvalue weighted by Gasteiger charge is -2.20. The van der Waals surface area contributed by atoms with Crippen LogP contribution in [-0.2, 0) is 0 Å². The molecule has 0 bridgehead atoms. The Hall–Kier alpha value is -0.940. The number of nitrogens with zero attached hydrogens (tertiary/aromatic N) is 1. The summed E-state index contributed by atoms with van der Waals surface area (Å²) in [6, 6.07) is 1.30. The van der Waals surface area contributed by atoms with Crippen molar-refractivity contribution in [1.82, 2.24) is 4.90 Å². The summed E-state index contributed by atoms with van der Waals surface area (Å²) in [5.41, 5.74) is -0.276. The molecule has 7 heteroatoms. The first-order valence-corrected chi connectivity index (χ1v) is 6.14. The van der Waals surface area contributed by atoms with Crippen LogP contribution in [0.5, 0.6) is 0 Å². The molecule has 0 unspecified atom stereocenters. The molecule has 100 valence electrons. The maximum absolute atomic E-state index is 13.0. The Bertz CT molecular complexity index is 413. The van der Waals surface area contributed by atoms with Gasteiger partial charge in [0.15, 0.2) is 17.5 Å². The Labute approximate surface area is 112 Å². The van der Waals surface area contributed by atoms with Crippen molar-refractivity contribution in [3.63, 3.8) is 0 Å². The fourth-order valence-corrected chi connectivity index (χ4v) is 1.79. The highest BCUT2D eigenvalue weighted by Gasteiger charge is 2.19. The van der Waals surface area contributed by atoms with Crippen molar-refractivity contribution >= 4 is 29.1 Å². The van der Waals surface area contributed by atoms with E-state index in [1.165, 1.54) is 4.90 Å². The first kappa shape index (κ1) is 15.1. The molecule has 0 radical (unpaired) electrons. The molecule has 0 spiro atoms. The van der Waals surface area contributed by atoms with E-state index < -0.39 is 23.4 Å². The van der Waals surface area contributed by atoms with Gasteiger partial charge in [0.25, 0.3) is 5.91 Å². The average molecular weight is 300 g/mol. The minimum atomic E-state index is -1.60. The Kier molecular flexibility index (Phi) is 5.75. The predicted molar refractivity (Wildman–Crippen MR) is 63.7 cm³/mol. The lowest BCUT2D eigenvalue weighted by molar-refractivity contribution is 0.0774. The van der Waals surface area contributed by atoms with E-state index in [0.29, 0.717) is 12.1 Å². The molecular formula is C11H10Cl2F3NO. The number of hydrogen-bond acceptors (Lipinski definition) is 1. The molecule has 18 heavy (non-hydrogen) atoms. The van der Waals surface area contributed by atoms with Crippen molar-refractivity contribution in [1.29, 1.82) is 0 Å². The maximum atomic E-state index is 13.0. The van der Waals surface area contributed by atoms with E-state index in [1.54, 1.807) is 0 Å². The molecule has 0 aliphatic carbocycles. The van der Waals surface area contributed by atoms with Crippen molar-refractivity contribution in [3.05, 3.63) is 35.1 Å². The van der Waals surface area contributed by atoms with Gasteiger partial charge in [0, 0.05) is 30.4 Å².